The molecule has 0 saturated carbocycles. The third-order valence-corrected chi connectivity index (χ3v) is 6.28. The second-order valence-corrected chi connectivity index (χ2v) is 8.36. The van der Waals surface area contributed by atoms with E-state index in [1.807, 2.05) is 47.1 Å². The number of nitrogens with zero attached hydrogens (tertiary/aromatic N) is 6. The number of anilines is 1. The Morgan fingerprint density at radius 2 is 1.59 bits per heavy atom. The van der Waals surface area contributed by atoms with Crippen LogP contribution in [-0.4, -0.2) is 58.4 Å². The lowest BCUT2D eigenvalue weighted by atomic mass is 10.0. The van der Waals surface area contributed by atoms with Gasteiger partial charge >= 0.3 is 0 Å². The van der Waals surface area contributed by atoms with Gasteiger partial charge in [-0.3, -0.25) is 4.90 Å². The van der Waals surface area contributed by atoms with Gasteiger partial charge in [-0.2, -0.15) is 0 Å². The van der Waals surface area contributed by atoms with Crippen molar-refractivity contribution in [1.82, 2.24) is 25.1 Å². The molecule has 0 bridgehead atoms. The Morgan fingerprint density at radius 1 is 0.882 bits per heavy atom. The van der Waals surface area contributed by atoms with Crippen LogP contribution >= 0.6 is 0 Å². The molecule has 0 radical (unpaired) electrons. The molecule has 8 heteroatoms. The molecule has 5 rings (SSSR count). The third kappa shape index (κ3) is 4.77. The van der Waals surface area contributed by atoms with Crippen molar-refractivity contribution in [2.75, 3.05) is 38.2 Å². The van der Waals surface area contributed by atoms with Crippen molar-refractivity contribution in [3.63, 3.8) is 0 Å². The monoisotopic (exact) mass is 458 g/mol. The number of tetrazole rings is 1. The maximum atomic E-state index is 13.3. The number of benzene rings is 3. The minimum atomic E-state index is -0.213. The van der Waals surface area contributed by atoms with Crippen molar-refractivity contribution >= 4 is 5.69 Å². The molecule has 1 atom stereocenters. The molecule has 7 nitrogen and oxygen atoms in total. The second kappa shape index (κ2) is 10.0. The van der Waals surface area contributed by atoms with Gasteiger partial charge in [0.1, 0.15) is 11.6 Å². The zero-order chi connectivity index (χ0) is 23.3. The minimum absolute atomic E-state index is 0.0650. The molecule has 1 unspecified atom stereocenters. The topological polar surface area (TPSA) is 59.3 Å². The fourth-order valence-corrected chi connectivity index (χ4v) is 4.47. The summed E-state index contributed by atoms with van der Waals surface area (Å²) in [6.45, 7) is 3.94. The lowest BCUT2D eigenvalue weighted by Gasteiger charge is -2.39. The normalized spacial score (nSPS) is 15.3. The summed E-state index contributed by atoms with van der Waals surface area (Å²) >= 11 is 0. The quantitative estimate of drug-likeness (QED) is 0.420. The molecule has 4 aromatic rings. The number of ether oxygens (including phenoxy) is 1. The average Bonchev–Trinajstić information content (AvgIpc) is 3.34. The summed E-state index contributed by atoms with van der Waals surface area (Å²) in [4.78, 5) is 4.71. The van der Waals surface area contributed by atoms with Gasteiger partial charge in [0, 0.05) is 31.9 Å². The molecule has 2 heterocycles. The number of piperazine rings is 1. The summed E-state index contributed by atoms with van der Waals surface area (Å²) in [5.74, 6) is 1.43. The fraction of sp³-hybridized carbons (Fsp3) is 0.269. The van der Waals surface area contributed by atoms with E-state index in [0.29, 0.717) is 6.54 Å². The van der Waals surface area contributed by atoms with Crippen LogP contribution in [0.3, 0.4) is 0 Å². The van der Waals surface area contributed by atoms with Crippen LogP contribution < -0.4 is 9.64 Å². The van der Waals surface area contributed by atoms with Crippen LogP contribution in [0.5, 0.6) is 5.75 Å². The third-order valence-electron chi connectivity index (χ3n) is 6.28. The van der Waals surface area contributed by atoms with E-state index in [0.717, 1.165) is 54.6 Å². The van der Waals surface area contributed by atoms with Crippen LogP contribution in [0.25, 0.3) is 0 Å². The standard InChI is InChI=1S/C26H27FN6O/c1-34-24-13-7-20(8-14-24)19-33-26(28-29-30-33)25(21-5-3-2-4-6-21)32-17-15-31(16-18-32)23-11-9-22(27)10-12-23/h2-14,25H,15-19H2,1H3. The van der Waals surface area contributed by atoms with E-state index < -0.39 is 0 Å². The summed E-state index contributed by atoms with van der Waals surface area (Å²) in [5, 5.41) is 12.8. The number of hydrogen-bond donors (Lipinski definition) is 0. The van der Waals surface area contributed by atoms with Crippen LogP contribution in [0.1, 0.15) is 23.0 Å². The van der Waals surface area contributed by atoms with Crippen LogP contribution in [0.15, 0.2) is 78.9 Å². The van der Waals surface area contributed by atoms with Gasteiger partial charge < -0.3 is 9.64 Å². The van der Waals surface area contributed by atoms with E-state index in [9.17, 15) is 4.39 Å². The number of aromatic nitrogens is 4. The molecule has 1 aliphatic rings. The van der Waals surface area contributed by atoms with Gasteiger partial charge in [-0.15, -0.1) is 5.10 Å². The number of rotatable bonds is 7. The highest BCUT2D eigenvalue weighted by molar-refractivity contribution is 5.46. The Bertz CT molecular complexity index is 1190. The largest absolute Gasteiger partial charge is 0.497 e. The first-order valence-corrected chi connectivity index (χ1v) is 11.4. The van der Waals surface area contributed by atoms with Gasteiger partial charge in [-0.1, -0.05) is 42.5 Å². The Balaban J connectivity index is 1.39. The van der Waals surface area contributed by atoms with Gasteiger partial charge in [0.2, 0.25) is 0 Å². The zero-order valence-corrected chi connectivity index (χ0v) is 19.1. The van der Waals surface area contributed by atoms with Crippen LogP contribution in [0.2, 0.25) is 0 Å². The van der Waals surface area contributed by atoms with Crippen LogP contribution in [-0.2, 0) is 6.54 Å². The van der Waals surface area contributed by atoms with Crippen molar-refractivity contribution in [2.45, 2.75) is 12.6 Å². The van der Waals surface area contributed by atoms with Gasteiger partial charge in [-0.05, 0) is 58.0 Å². The smallest absolute Gasteiger partial charge is 0.173 e. The summed E-state index contributed by atoms with van der Waals surface area (Å²) < 4.78 is 20.5. The van der Waals surface area contributed by atoms with Gasteiger partial charge in [0.25, 0.3) is 0 Å². The highest BCUT2D eigenvalue weighted by Crippen LogP contribution is 2.29. The minimum Gasteiger partial charge on any atom is -0.497 e. The molecular formula is C26H27FN6O. The predicted octanol–water partition coefficient (Wildman–Crippen LogP) is 3.78. The van der Waals surface area contributed by atoms with Crippen molar-refractivity contribution in [2.24, 2.45) is 0 Å². The molecule has 1 aromatic heterocycles. The summed E-state index contributed by atoms with van der Waals surface area (Å²) in [6, 6.07) is 25.0. The predicted molar refractivity (Wildman–Crippen MR) is 128 cm³/mol. The maximum absolute atomic E-state index is 13.3. The van der Waals surface area contributed by atoms with Gasteiger partial charge in [-0.25, -0.2) is 9.07 Å². The summed E-state index contributed by atoms with van der Waals surface area (Å²) in [6.07, 6.45) is 0. The fourth-order valence-electron chi connectivity index (χ4n) is 4.47. The second-order valence-electron chi connectivity index (χ2n) is 8.36. The first-order valence-electron chi connectivity index (χ1n) is 11.4. The van der Waals surface area contributed by atoms with Crippen molar-refractivity contribution < 1.29 is 9.13 Å². The van der Waals surface area contributed by atoms with E-state index in [4.69, 9.17) is 4.74 Å². The Hall–Kier alpha value is -3.78. The Labute approximate surface area is 198 Å². The molecule has 1 aliphatic heterocycles. The van der Waals surface area contributed by atoms with Crippen molar-refractivity contribution in [3.05, 3.63) is 102 Å². The SMILES string of the molecule is COc1ccc(Cn2nnnc2C(c2ccccc2)N2CCN(c3ccc(F)cc3)CC2)cc1. The van der Waals surface area contributed by atoms with E-state index in [1.165, 1.54) is 12.1 Å². The molecule has 1 fully saturated rings. The molecule has 3 aromatic carbocycles. The number of halogens is 1. The van der Waals surface area contributed by atoms with E-state index in [2.05, 4.69) is 49.6 Å². The van der Waals surface area contributed by atoms with Crippen molar-refractivity contribution in [1.29, 1.82) is 0 Å². The highest BCUT2D eigenvalue weighted by Gasteiger charge is 2.30. The first kappa shape index (κ1) is 22.0. The Morgan fingerprint density at radius 3 is 2.26 bits per heavy atom. The van der Waals surface area contributed by atoms with Crippen molar-refractivity contribution in [3.8, 4) is 5.75 Å². The molecule has 0 aliphatic carbocycles. The van der Waals surface area contributed by atoms with E-state index >= 15 is 0 Å². The zero-order valence-electron chi connectivity index (χ0n) is 19.1. The molecule has 34 heavy (non-hydrogen) atoms. The molecule has 0 spiro atoms. The summed E-state index contributed by atoms with van der Waals surface area (Å²) in [7, 11) is 1.66. The average molecular weight is 459 g/mol. The van der Waals surface area contributed by atoms with Gasteiger partial charge in [0.05, 0.1) is 19.7 Å². The molecule has 0 N–H and O–H groups in total. The molecule has 174 valence electrons. The molecular weight excluding hydrogens is 431 g/mol. The van der Waals surface area contributed by atoms with E-state index in [1.54, 1.807) is 7.11 Å². The summed E-state index contributed by atoms with van der Waals surface area (Å²) in [5.41, 5.74) is 3.30. The first-order chi connectivity index (χ1) is 16.7. The molecule has 0 amide bonds. The highest BCUT2D eigenvalue weighted by atomic mass is 19.1. The van der Waals surface area contributed by atoms with Gasteiger partial charge in [0.15, 0.2) is 5.82 Å². The molecule has 1 saturated heterocycles. The lowest BCUT2D eigenvalue weighted by Crippen LogP contribution is -2.48. The lowest BCUT2D eigenvalue weighted by molar-refractivity contribution is 0.201. The van der Waals surface area contributed by atoms with Crippen LogP contribution in [0, 0.1) is 5.82 Å². The maximum Gasteiger partial charge on any atom is 0.173 e. The number of hydrogen-bond acceptors (Lipinski definition) is 6. The number of methoxy groups -OCH3 is 1. The Kier molecular flexibility index (Phi) is 6.49. The van der Waals surface area contributed by atoms with E-state index in [-0.39, 0.29) is 11.9 Å². The van der Waals surface area contributed by atoms with Crippen LogP contribution in [0.4, 0.5) is 10.1 Å².